The smallest absolute Gasteiger partial charge is 0.305 e. The van der Waals surface area contributed by atoms with Crippen molar-refractivity contribution < 1.29 is 23.9 Å². The second-order valence-corrected chi connectivity index (χ2v) is 9.26. The number of carbonyl (C=O) groups excluding carboxylic acids is 2. The van der Waals surface area contributed by atoms with Crippen LogP contribution in [0.1, 0.15) is 43.8 Å². The lowest BCUT2D eigenvalue weighted by Crippen LogP contribution is -2.33. The monoisotopic (exact) mass is 524 g/mol. The zero-order valence-electron chi connectivity index (χ0n) is 21.6. The lowest BCUT2D eigenvalue weighted by molar-refractivity contribution is -0.137. The zero-order chi connectivity index (χ0) is 27.8. The number of rotatable bonds is 10. The van der Waals surface area contributed by atoms with Crippen LogP contribution in [0.2, 0.25) is 0 Å². The maximum Gasteiger partial charge on any atom is 0.305 e. The molecule has 0 fully saturated rings. The molecule has 0 aliphatic rings. The zero-order valence-corrected chi connectivity index (χ0v) is 21.6. The van der Waals surface area contributed by atoms with Crippen molar-refractivity contribution in [3.63, 3.8) is 0 Å². The highest BCUT2D eigenvalue weighted by Crippen LogP contribution is 2.29. The molecule has 4 rings (SSSR count). The number of halogens is 1. The van der Waals surface area contributed by atoms with E-state index in [4.69, 9.17) is 0 Å². The van der Waals surface area contributed by atoms with Crippen LogP contribution in [0.15, 0.2) is 97.1 Å². The first kappa shape index (κ1) is 27.3. The fourth-order valence-corrected chi connectivity index (χ4v) is 4.27. The van der Waals surface area contributed by atoms with E-state index in [0.717, 1.165) is 11.1 Å². The van der Waals surface area contributed by atoms with Crippen molar-refractivity contribution in [2.45, 2.75) is 26.4 Å². The predicted molar refractivity (Wildman–Crippen MR) is 148 cm³/mol. The third-order valence-electron chi connectivity index (χ3n) is 6.36. The average Bonchev–Trinajstić information content (AvgIpc) is 2.95. The standard InChI is InChI=1S/C32H29FN2O4/c1-22-10-12-23(13-11-22)20-34-31(38)28-8-4-2-6-26(28)27-7-3-5-9-29(27)32(39)35(19-18-30(36)37)21-24-14-16-25(33)17-15-24/h2-17H,18-21H2,1H3,(H,34,38)(H,36,37). The fourth-order valence-electron chi connectivity index (χ4n) is 4.27. The van der Waals surface area contributed by atoms with Crippen molar-refractivity contribution in [3.8, 4) is 11.1 Å². The van der Waals surface area contributed by atoms with Gasteiger partial charge in [0.15, 0.2) is 0 Å². The number of nitrogens with zero attached hydrogens (tertiary/aromatic N) is 1. The van der Waals surface area contributed by atoms with E-state index in [1.54, 1.807) is 60.7 Å². The Kier molecular flexibility index (Phi) is 8.84. The van der Waals surface area contributed by atoms with Crippen LogP contribution in [-0.4, -0.2) is 34.3 Å². The molecule has 6 nitrogen and oxygen atoms in total. The number of carboxylic acid groups (broad SMARTS) is 1. The topological polar surface area (TPSA) is 86.7 Å². The minimum Gasteiger partial charge on any atom is -0.481 e. The number of hydrogen-bond donors (Lipinski definition) is 2. The Balaban J connectivity index is 1.63. The van der Waals surface area contributed by atoms with Gasteiger partial charge >= 0.3 is 5.97 Å². The van der Waals surface area contributed by atoms with Crippen LogP contribution < -0.4 is 5.32 Å². The second-order valence-electron chi connectivity index (χ2n) is 9.26. The van der Waals surface area contributed by atoms with Gasteiger partial charge in [-0.2, -0.15) is 0 Å². The van der Waals surface area contributed by atoms with Crippen LogP contribution in [0.5, 0.6) is 0 Å². The van der Waals surface area contributed by atoms with Gasteiger partial charge in [0.25, 0.3) is 11.8 Å². The normalized spacial score (nSPS) is 10.6. The molecule has 198 valence electrons. The molecule has 0 heterocycles. The number of benzene rings is 4. The van der Waals surface area contributed by atoms with Gasteiger partial charge in [-0.05, 0) is 53.4 Å². The third kappa shape index (κ3) is 7.17. The number of carbonyl (C=O) groups is 3. The van der Waals surface area contributed by atoms with Crippen molar-refractivity contribution in [2.75, 3.05) is 6.54 Å². The van der Waals surface area contributed by atoms with Crippen LogP contribution in [0.25, 0.3) is 11.1 Å². The summed E-state index contributed by atoms with van der Waals surface area (Å²) in [4.78, 5) is 39.8. The van der Waals surface area contributed by atoms with Crippen LogP contribution in [-0.2, 0) is 17.9 Å². The molecule has 0 saturated heterocycles. The summed E-state index contributed by atoms with van der Waals surface area (Å²) in [6.07, 6.45) is -0.243. The summed E-state index contributed by atoms with van der Waals surface area (Å²) in [7, 11) is 0. The van der Waals surface area contributed by atoms with E-state index in [1.807, 2.05) is 31.2 Å². The molecule has 0 saturated carbocycles. The van der Waals surface area contributed by atoms with E-state index < -0.39 is 11.8 Å². The molecule has 4 aromatic carbocycles. The molecule has 2 amide bonds. The van der Waals surface area contributed by atoms with Gasteiger partial charge in [-0.3, -0.25) is 14.4 Å². The summed E-state index contributed by atoms with van der Waals surface area (Å²) in [6.45, 7) is 2.44. The number of aliphatic carboxylic acids is 1. The summed E-state index contributed by atoms with van der Waals surface area (Å²) in [5.74, 6) is -2.09. The summed E-state index contributed by atoms with van der Waals surface area (Å²) < 4.78 is 13.4. The van der Waals surface area contributed by atoms with Crippen LogP contribution in [0.4, 0.5) is 4.39 Å². The molecule has 39 heavy (non-hydrogen) atoms. The number of amides is 2. The van der Waals surface area contributed by atoms with Crippen LogP contribution >= 0.6 is 0 Å². The van der Waals surface area contributed by atoms with Crippen molar-refractivity contribution >= 4 is 17.8 Å². The van der Waals surface area contributed by atoms with Crippen molar-refractivity contribution in [3.05, 3.63) is 131 Å². The van der Waals surface area contributed by atoms with E-state index in [2.05, 4.69) is 5.32 Å². The average molecular weight is 525 g/mol. The van der Waals surface area contributed by atoms with Crippen molar-refractivity contribution in [1.29, 1.82) is 0 Å². The molecule has 0 unspecified atom stereocenters. The Labute approximate surface area is 226 Å². The van der Waals surface area contributed by atoms with Gasteiger partial charge in [0.1, 0.15) is 5.82 Å². The highest BCUT2D eigenvalue weighted by molar-refractivity contribution is 6.06. The molecule has 0 bridgehead atoms. The third-order valence-corrected chi connectivity index (χ3v) is 6.36. The molecule has 0 spiro atoms. The Morgan fingerprint density at radius 3 is 1.97 bits per heavy atom. The molecule has 0 atom stereocenters. The Bertz CT molecular complexity index is 1470. The molecule has 7 heteroatoms. The molecule has 0 aliphatic heterocycles. The maximum atomic E-state index is 13.8. The van der Waals surface area contributed by atoms with E-state index in [-0.39, 0.29) is 31.3 Å². The quantitative estimate of drug-likeness (QED) is 0.273. The van der Waals surface area contributed by atoms with E-state index in [1.165, 1.54) is 17.0 Å². The summed E-state index contributed by atoms with van der Waals surface area (Å²) in [5.41, 5.74) is 4.67. The first-order chi connectivity index (χ1) is 18.8. The summed E-state index contributed by atoms with van der Waals surface area (Å²) in [5, 5.41) is 12.2. The molecule has 2 N–H and O–H groups in total. The van der Waals surface area contributed by atoms with Crippen molar-refractivity contribution in [2.24, 2.45) is 0 Å². The lowest BCUT2D eigenvalue weighted by Gasteiger charge is -2.24. The first-order valence-corrected chi connectivity index (χ1v) is 12.6. The minimum atomic E-state index is -1.03. The number of carboxylic acids is 1. The summed E-state index contributed by atoms with van der Waals surface area (Å²) >= 11 is 0. The van der Waals surface area contributed by atoms with Gasteiger partial charge in [-0.25, -0.2) is 4.39 Å². The largest absolute Gasteiger partial charge is 0.481 e. The molecular formula is C32H29FN2O4. The fraction of sp³-hybridized carbons (Fsp3) is 0.156. The Morgan fingerprint density at radius 1 is 0.769 bits per heavy atom. The van der Waals surface area contributed by atoms with Gasteiger partial charge in [-0.1, -0.05) is 78.4 Å². The van der Waals surface area contributed by atoms with E-state index >= 15 is 0 Å². The van der Waals surface area contributed by atoms with Gasteiger partial charge in [0.2, 0.25) is 0 Å². The SMILES string of the molecule is Cc1ccc(CNC(=O)c2ccccc2-c2ccccc2C(=O)N(CCC(=O)O)Cc2ccc(F)cc2)cc1. The van der Waals surface area contributed by atoms with Gasteiger partial charge in [0.05, 0.1) is 6.42 Å². The molecule has 0 aromatic heterocycles. The Morgan fingerprint density at radius 2 is 1.33 bits per heavy atom. The molecule has 4 aromatic rings. The number of aryl methyl sites for hydroxylation is 1. The van der Waals surface area contributed by atoms with Crippen LogP contribution in [0.3, 0.4) is 0 Å². The van der Waals surface area contributed by atoms with Gasteiger partial charge in [0, 0.05) is 30.8 Å². The van der Waals surface area contributed by atoms with Gasteiger partial charge in [-0.15, -0.1) is 0 Å². The molecule has 0 radical (unpaired) electrons. The number of nitrogens with one attached hydrogen (secondary N) is 1. The maximum absolute atomic E-state index is 13.8. The van der Waals surface area contributed by atoms with Crippen LogP contribution in [0, 0.1) is 12.7 Å². The number of hydrogen-bond acceptors (Lipinski definition) is 3. The second kappa shape index (κ2) is 12.6. The highest BCUT2D eigenvalue weighted by Gasteiger charge is 2.23. The predicted octanol–water partition coefficient (Wildman–Crippen LogP) is 5.85. The highest BCUT2D eigenvalue weighted by atomic mass is 19.1. The van der Waals surface area contributed by atoms with E-state index in [0.29, 0.717) is 34.4 Å². The summed E-state index contributed by atoms with van der Waals surface area (Å²) in [6, 6.07) is 27.6. The minimum absolute atomic E-state index is 0.0292. The van der Waals surface area contributed by atoms with Crippen molar-refractivity contribution in [1.82, 2.24) is 10.2 Å². The van der Waals surface area contributed by atoms with Gasteiger partial charge < -0.3 is 15.3 Å². The molecule has 0 aliphatic carbocycles. The Hall–Kier alpha value is -4.78. The molecular weight excluding hydrogens is 495 g/mol. The lowest BCUT2D eigenvalue weighted by atomic mass is 9.94. The van der Waals surface area contributed by atoms with E-state index in [9.17, 15) is 23.9 Å². The first-order valence-electron chi connectivity index (χ1n) is 12.6.